The van der Waals surface area contributed by atoms with E-state index in [0.29, 0.717) is 11.0 Å². The fourth-order valence-electron chi connectivity index (χ4n) is 2.46. The molecule has 1 saturated heterocycles. The molecular weight excluding hydrogens is 294 g/mol. The first-order chi connectivity index (χ1) is 10.5. The Morgan fingerprint density at radius 1 is 1.36 bits per heavy atom. The minimum absolute atomic E-state index is 0.0234. The van der Waals surface area contributed by atoms with Gasteiger partial charge in [-0.25, -0.2) is 4.98 Å². The van der Waals surface area contributed by atoms with Crippen molar-refractivity contribution in [2.45, 2.75) is 20.8 Å². The van der Waals surface area contributed by atoms with Gasteiger partial charge in [0, 0.05) is 16.9 Å². The Kier molecular flexibility index (Phi) is 4.27. The molecule has 1 aromatic carbocycles. The second-order valence-electron chi connectivity index (χ2n) is 6.03. The summed E-state index contributed by atoms with van der Waals surface area (Å²) in [6, 6.07) is 6.32. The third-order valence-corrected chi connectivity index (χ3v) is 5.23. The molecule has 2 N–H and O–H groups in total. The van der Waals surface area contributed by atoms with Gasteiger partial charge in [-0.15, -0.1) is 11.3 Å². The van der Waals surface area contributed by atoms with Crippen LogP contribution in [0.1, 0.15) is 18.1 Å². The molecule has 5 heteroatoms. The summed E-state index contributed by atoms with van der Waals surface area (Å²) in [6.07, 6.45) is 0. The summed E-state index contributed by atoms with van der Waals surface area (Å²) in [4.78, 5) is 16.8. The van der Waals surface area contributed by atoms with Crippen LogP contribution in [0.15, 0.2) is 23.6 Å². The molecule has 0 aliphatic carbocycles. The number of carbonyl (C=O) groups excluding carboxylic acids is 1. The second kappa shape index (κ2) is 6.18. The molecule has 1 amide bonds. The number of hydrogen-bond acceptors (Lipinski definition) is 4. The highest BCUT2D eigenvalue weighted by Crippen LogP contribution is 2.27. The summed E-state index contributed by atoms with van der Waals surface area (Å²) in [5.41, 5.74) is 4.54. The van der Waals surface area contributed by atoms with Crippen LogP contribution in [0.5, 0.6) is 0 Å². The molecule has 1 aromatic heterocycles. The quantitative estimate of drug-likeness (QED) is 0.911. The highest BCUT2D eigenvalue weighted by molar-refractivity contribution is 7.14. The molecule has 4 nitrogen and oxygen atoms in total. The Labute approximate surface area is 135 Å². The van der Waals surface area contributed by atoms with Crippen LogP contribution in [-0.2, 0) is 4.79 Å². The Morgan fingerprint density at radius 2 is 2.14 bits per heavy atom. The minimum Gasteiger partial charge on any atom is -0.316 e. The lowest BCUT2D eigenvalue weighted by molar-refractivity contribution is -0.121. The monoisotopic (exact) mass is 315 g/mol. The van der Waals surface area contributed by atoms with Gasteiger partial charge in [0.1, 0.15) is 0 Å². The first kappa shape index (κ1) is 15.2. The molecule has 2 heterocycles. The maximum absolute atomic E-state index is 12.2. The number of hydrogen-bond donors (Lipinski definition) is 2. The van der Waals surface area contributed by atoms with Crippen LogP contribution in [0.4, 0.5) is 5.13 Å². The number of aryl methyl sites for hydroxylation is 2. The van der Waals surface area contributed by atoms with E-state index in [2.05, 4.69) is 47.7 Å². The van der Waals surface area contributed by atoms with Gasteiger partial charge in [-0.2, -0.15) is 0 Å². The predicted octanol–water partition coefficient (Wildman–Crippen LogP) is 3.22. The fourth-order valence-corrected chi connectivity index (χ4v) is 3.18. The molecular formula is C17H21N3OS. The topological polar surface area (TPSA) is 54.0 Å². The van der Waals surface area contributed by atoms with Gasteiger partial charge in [0.05, 0.1) is 5.69 Å². The molecule has 1 aliphatic heterocycles. The lowest BCUT2D eigenvalue weighted by atomic mass is 9.88. The number of nitrogens with one attached hydrogen (secondary N) is 2. The van der Waals surface area contributed by atoms with E-state index in [1.807, 2.05) is 12.3 Å². The van der Waals surface area contributed by atoms with Crippen molar-refractivity contribution in [3.8, 4) is 11.3 Å². The van der Waals surface area contributed by atoms with Gasteiger partial charge in [-0.3, -0.25) is 4.79 Å². The number of thiazole rings is 1. The number of rotatable bonds is 4. The van der Waals surface area contributed by atoms with Crippen molar-refractivity contribution in [2.24, 2.45) is 11.8 Å². The van der Waals surface area contributed by atoms with Gasteiger partial charge in [0.2, 0.25) is 5.91 Å². The number of nitrogens with zero attached hydrogens (tertiary/aromatic N) is 1. The molecule has 1 aliphatic rings. The zero-order valence-corrected chi connectivity index (χ0v) is 14.0. The average molecular weight is 315 g/mol. The van der Waals surface area contributed by atoms with Crippen molar-refractivity contribution in [1.29, 1.82) is 0 Å². The van der Waals surface area contributed by atoms with E-state index in [4.69, 9.17) is 0 Å². The molecule has 0 bridgehead atoms. The van der Waals surface area contributed by atoms with Gasteiger partial charge in [-0.1, -0.05) is 19.1 Å². The Balaban J connectivity index is 1.70. The van der Waals surface area contributed by atoms with Crippen molar-refractivity contribution in [3.05, 3.63) is 34.7 Å². The summed E-state index contributed by atoms with van der Waals surface area (Å²) >= 11 is 1.48. The molecule has 1 atom stereocenters. The zero-order chi connectivity index (χ0) is 15.7. The van der Waals surface area contributed by atoms with E-state index in [1.54, 1.807) is 0 Å². The Hall–Kier alpha value is -1.72. The van der Waals surface area contributed by atoms with Crippen molar-refractivity contribution >= 4 is 22.4 Å². The van der Waals surface area contributed by atoms with Crippen LogP contribution in [-0.4, -0.2) is 24.0 Å². The number of carbonyl (C=O) groups is 1. The summed E-state index contributed by atoms with van der Waals surface area (Å²) in [5, 5.41) is 8.82. The molecule has 3 rings (SSSR count). The van der Waals surface area contributed by atoms with E-state index in [9.17, 15) is 4.79 Å². The number of benzene rings is 1. The summed E-state index contributed by atoms with van der Waals surface area (Å²) in [6.45, 7) is 8.05. The van der Waals surface area contributed by atoms with E-state index in [-0.39, 0.29) is 11.8 Å². The molecule has 1 unspecified atom stereocenters. The van der Waals surface area contributed by atoms with E-state index < -0.39 is 0 Å². The van der Waals surface area contributed by atoms with E-state index in [1.165, 1.54) is 22.5 Å². The minimum atomic E-state index is 0.0234. The number of amides is 1. The second-order valence-corrected chi connectivity index (χ2v) is 6.89. The summed E-state index contributed by atoms with van der Waals surface area (Å²) in [7, 11) is 0. The first-order valence-corrected chi connectivity index (χ1v) is 8.47. The normalized spacial score (nSPS) is 16.1. The molecule has 0 spiro atoms. The molecule has 0 radical (unpaired) electrons. The molecule has 1 fully saturated rings. The van der Waals surface area contributed by atoms with Gasteiger partial charge >= 0.3 is 0 Å². The molecule has 2 aromatic rings. The van der Waals surface area contributed by atoms with Gasteiger partial charge in [0.25, 0.3) is 0 Å². The smallest absolute Gasteiger partial charge is 0.229 e. The van der Waals surface area contributed by atoms with Crippen molar-refractivity contribution < 1.29 is 4.79 Å². The third kappa shape index (κ3) is 3.05. The van der Waals surface area contributed by atoms with Gasteiger partial charge in [-0.05, 0) is 50.0 Å². The lowest BCUT2D eigenvalue weighted by Crippen LogP contribution is -2.48. The fraction of sp³-hybridized carbons (Fsp3) is 0.412. The van der Waals surface area contributed by atoms with Crippen molar-refractivity contribution in [3.63, 3.8) is 0 Å². The molecule has 0 saturated carbocycles. The molecule has 116 valence electrons. The third-order valence-electron chi connectivity index (χ3n) is 4.47. The number of anilines is 1. The van der Waals surface area contributed by atoms with E-state index in [0.717, 1.165) is 24.3 Å². The molecule has 22 heavy (non-hydrogen) atoms. The highest BCUT2D eigenvalue weighted by Gasteiger charge is 2.29. The van der Waals surface area contributed by atoms with Crippen LogP contribution in [0, 0.1) is 25.7 Å². The zero-order valence-electron chi connectivity index (χ0n) is 13.1. The standard InChI is InChI=1S/C17H21N3OS/c1-10-4-5-13(6-11(10)2)15-9-22-17(19-15)20-16(21)12(3)14-7-18-8-14/h4-6,9,12,14,18H,7-8H2,1-3H3,(H,19,20,21). The van der Waals surface area contributed by atoms with Crippen LogP contribution < -0.4 is 10.6 Å². The largest absolute Gasteiger partial charge is 0.316 e. The maximum Gasteiger partial charge on any atom is 0.229 e. The van der Waals surface area contributed by atoms with Gasteiger partial charge in [0.15, 0.2) is 5.13 Å². The Morgan fingerprint density at radius 3 is 2.77 bits per heavy atom. The summed E-state index contributed by atoms with van der Waals surface area (Å²) < 4.78 is 0. The predicted molar refractivity (Wildman–Crippen MR) is 91.2 cm³/mol. The first-order valence-electron chi connectivity index (χ1n) is 7.59. The van der Waals surface area contributed by atoms with Crippen molar-refractivity contribution in [2.75, 3.05) is 18.4 Å². The van der Waals surface area contributed by atoms with Crippen LogP contribution in [0.3, 0.4) is 0 Å². The van der Waals surface area contributed by atoms with Crippen LogP contribution in [0.25, 0.3) is 11.3 Å². The van der Waals surface area contributed by atoms with Crippen LogP contribution >= 0.6 is 11.3 Å². The average Bonchev–Trinajstić information content (AvgIpc) is 2.88. The highest BCUT2D eigenvalue weighted by atomic mass is 32.1. The SMILES string of the molecule is Cc1ccc(-c2csc(NC(=O)C(C)C3CNC3)n2)cc1C. The number of aromatic nitrogens is 1. The summed E-state index contributed by atoms with van der Waals surface area (Å²) in [5.74, 6) is 0.530. The Bertz CT molecular complexity index is 691. The van der Waals surface area contributed by atoms with Gasteiger partial charge < -0.3 is 10.6 Å². The lowest BCUT2D eigenvalue weighted by Gasteiger charge is -2.31. The maximum atomic E-state index is 12.2. The van der Waals surface area contributed by atoms with Crippen LogP contribution in [0.2, 0.25) is 0 Å². The van der Waals surface area contributed by atoms with Crippen molar-refractivity contribution in [1.82, 2.24) is 10.3 Å². The van der Waals surface area contributed by atoms with E-state index >= 15 is 0 Å².